The number of hydrogen-bond acceptors (Lipinski definition) is 5. The summed E-state index contributed by atoms with van der Waals surface area (Å²) in [6.45, 7) is 6.82. The van der Waals surface area contributed by atoms with E-state index in [1.54, 1.807) is 31.2 Å². The Balaban J connectivity index is 1.94. The second kappa shape index (κ2) is 13.5. The smallest absolute Gasteiger partial charge is 0.415 e. The third kappa shape index (κ3) is 8.97. The molecule has 2 aromatic rings. The lowest BCUT2D eigenvalue weighted by molar-refractivity contribution is -0.149. The molecule has 2 rings (SSSR count). The van der Waals surface area contributed by atoms with Crippen molar-refractivity contribution in [3.8, 4) is 11.5 Å². The molecule has 0 radical (unpaired) electrons. The highest BCUT2D eigenvalue weighted by Crippen LogP contribution is 2.19. The Morgan fingerprint density at radius 2 is 1.76 bits per heavy atom. The van der Waals surface area contributed by atoms with E-state index >= 15 is 0 Å². The van der Waals surface area contributed by atoms with Gasteiger partial charge in [-0.2, -0.15) is 0 Å². The van der Waals surface area contributed by atoms with Crippen molar-refractivity contribution in [2.24, 2.45) is 5.92 Å². The van der Waals surface area contributed by atoms with Crippen LogP contribution in [0.5, 0.6) is 11.5 Å². The SMILES string of the molecule is CCOC(Cc1ccc(OCCN(CCC(C)C)C(=O)Oc2ccc(F)cc2F)cc1)C(=O)O. The average Bonchev–Trinajstić information content (AvgIpc) is 2.78. The van der Waals surface area contributed by atoms with Crippen LogP contribution in [0.3, 0.4) is 0 Å². The fourth-order valence-corrected chi connectivity index (χ4v) is 3.05. The zero-order valence-corrected chi connectivity index (χ0v) is 19.6. The molecular formula is C25H31F2NO6. The third-order valence-electron chi connectivity index (χ3n) is 4.94. The maximum absolute atomic E-state index is 13.9. The molecule has 7 nitrogen and oxygen atoms in total. The molecule has 0 saturated carbocycles. The molecule has 1 N–H and O–H groups in total. The molecule has 34 heavy (non-hydrogen) atoms. The van der Waals surface area contributed by atoms with Crippen molar-refractivity contribution in [2.45, 2.75) is 39.7 Å². The van der Waals surface area contributed by atoms with Gasteiger partial charge in [0.1, 0.15) is 18.2 Å². The van der Waals surface area contributed by atoms with Crippen LogP contribution in [-0.2, 0) is 16.0 Å². The Bertz CT molecular complexity index is 936. The van der Waals surface area contributed by atoms with Crippen LogP contribution in [-0.4, -0.2) is 54.5 Å². The molecule has 0 spiro atoms. The molecule has 1 unspecified atom stereocenters. The maximum atomic E-state index is 13.9. The second-order valence-electron chi connectivity index (χ2n) is 8.09. The summed E-state index contributed by atoms with van der Waals surface area (Å²) in [5.74, 6) is -2.20. The number of amides is 1. The van der Waals surface area contributed by atoms with Crippen molar-refractivity contribution in [2.75, 3.05) is 26.3 Å². The highest BCUT2D eigenvalue weighted by atomic mass is 19.1. The van der Waals surface area contributed by atoms with E-state index in [2.05, 4.69) is 0 Å². The summed E-state index contributed by atoms with van der Waals surface area (Å²) in [5, 5.41) is 9.20. The number of carboxylic acid groups (broad SMARTS) is 1. The summed E-state index contributed by atoms with van der Waals surface area (Å²) in [5.41, 5.74) is 0.789. The lowest BCUT2D eigenvalue weighted by Gasteiger charge is -2.23. The minimum absolute atomic E-state index is 0.162. The number of carbonyl (C=O) groups is 2. The van der Waals surface area contributed by atoms with E-state index in [9.17, 15) is 23.5 Å². The van der Waals surface area contributed by atoms with Gasteiger partial charge in [0.15, 0.2) is 17.7 Å². The Labute approximate surface area is 198 Å². The van der Waals surface area contributed by atoms with Gasteiger partial charge in [-0.1, -0.05) is 26.0 Å². The number of nitrogens with zero attached hydrogens (tertiary/aromatic N) is 1. The normalized spacial score (nSPS) is 11.8. The third-order valence-corrected chi connectivity index (χ3v) is 4.94. The van der Waals surface area contributed by atoms with Gasteiger partial charge in [-0.25, -0.2) is 18.4 Å². The second-order valence-corrected chi connectivity index (χ2v) is 8.09. The Morgan fingerprint density at radius 3 is 2.35 bits per heavy atom. The molecule has 1 atom stereocenters. The van der Waals surface area contributed by atoms with Crippen molar-refractivity contribution in [1.82, 2.24) is 4.90 Å². The topological polar surface area (TPSA) is 85.3 Å². The number of benzene rings is 2. The zero-order chi connectivity index (χ0) is 25.1. The van der Waals surface area contributed by atoms with Crippen molar-refractivity contribution in [3.05, 3.63) is 59.7 Å². The van der Waals surface area contributed by atoms with Gasteiger partial charge >= 0.3 is 12.1 Å². The molecule has 0 aliphatic heterocycles. The lowest BCUT2D eigenvalue weighted by Crippen LogP contribution is -2.38. The van der Waals surface area contributed by atoms with Gasteiger partial charge < -0.3 is 24.2 Å². The Kier molecular flexibility index (Phi) is 10.7. The predicted molar refractivity (Wildman–Crippen MR) is 122 cm³/mol. The molecule has 1 amide bonds. The zero-order valence-electron chi connectivity index (χ0n) is 19.6. The minimum atomic E-state index is -1.02. The lowest BCUT2D eigenvalue weighted by atomic mass is 10.1. The van der Waals surface area contributed by atoms with E-state index in [1.807, 2.05) is 13.8 Å². The van der Waals surface area contributed by atoms with Crippen LogP contribution in [0, 0.1) is 17.6 Å². The summed E-state index contributed by atoms with van der Waals surface area (Å²) in [6, 6.07) is 9.68. The summed E-state index contributed by atoms with van der Waals surface area (Å²) in [6.07, 6.45) is -0.720. The van der Waals surface area contributed by atoms with Crippen LogP contribution in [0.4, 0.5) is 13.6 Å². The van der Waals surface area contributed by atoms with E-state index < -0.39 is 29.8 Å². The Morgan fingerprint density at radius 1 is 1.06 bits per heavy atom. The first kappa shape index (κ1) is 27.0. The first-order valence-corrected chi connectivity index (χ1v) is 11.2. The molecule has 0 bridgehead atoms. The average molecular weight is 480 g/mol. The highest BCUT2D eigenvalue weighted by molar-refractivity contribution is 5.72. The molecule has 0 aromatic heterocycles. The first-order valence-electron chi connectivity index (χ1n) is 11.2. The number of ether oxygens (including phenoxy) is 3. The number of aliphatic carboxylic acids is 1. The van der Waals surface area contributed by atoms with Crippen LogP contribution in [0.15, 0.2) is 42.5 Å². The van der Waals surface area contributed by atoms with Gasteiger partial charge in [-0.05, 0) is 49.1 Å². The largest absolute Gasteiger partial charge is 0.492 e. The summed E-state index contributed by atoms with van der Waals surface area (Å²) < 4.78 is 43.0. The molecule has 186 valence electrons. The number of carboxylic acids is 1. The van der Waals surface area contributed by atoms with E-state index in [4.69, 9.17) is 14.2 Å². The van der Waals surface area contributed by atoms with Crippen molar-refractivity contribution in [3.63, 3.8) is 0 Å². The number of rotatable bonds is 13. The van der Waals surface area contributed by atoms with E-state index in [-0.39, 0.29) is 25.3 Å². The molecule has 0 fully saturated rings. The molecule has 0 heterocycles. The number of carbonyl (C=O) groups excluding carboxylic acids is 1. The van der Waals surface area contributed by atoms with Crippen molar-refractivity contribution < 1.29 is 37.7 Å². The van der Waals surface area contributed by atoms with E-state index in [0.29, 0.717) is 37.3 Å². The Hall–Kier alpha value is -3.20. The van der Waals surface area contributed by atoms with E-state index in [0.717, 1.165) is 17.7 Å². The number of hydrogen-bond donors (Lipinski definition) is 1. The first-order chi connectivity index (χ1) is 16.2. The molecule has 0 aliphatic rings. The van der Waals surface area contributed by atoms with Crippen LogP contribution < -0.4 is 9.47 Å². The maximum Gasteiger partial charge on any atom is 0.415 e. The van der Waals surface area contributed by atoms with Crippen LogP contribution >= 0.6 is 0 Å². The van der Waals surface area contributed by atoms with E-state index in [1.165, 1.54) is 4.90 Å². The van der Waals surface area contributed by atoms with Crippen LogP contribution in [0.25, 0.3) is 0 Å². The molecule has 0 saturated heterocycles. The quantitative estimate of drug-likeness (QED) is 0.439. The monoisotopic (exact) mass is 479 g/mol. The van der Waals surface area contributed by atoms with Gasteiger partial charge in [0.2, 0.25) is 0 Å². The predicted octanol–water partition coefficient (Wildman–Crippen LogP) is 4.92. The van der Waals surface area contributed by atoms with Gasteiger partial charge in [0, 0.05) is 25.6 Å². The molecule has 2 aromatic carbocycles. The van der Waals surface area contributed by atoms with Crippen molar-refractivity contribution >= 4 is 12.1 Å². The standard InChI is InChI=1S/C25H31F2NO6/c1-4-32-23(24(29)30)15-18-5-8-20(9-6-18)33-14-13-28(12-11-17(2)3)25(31)34-22-10-7-19(26)16-21(22)27/h5-10,16-17,23H,4,11-15H2,1-3H3,(H,29,30). The van der Waals surface area contributed by atoms with Gasteiger partial charge in [-0.3, -0.25) is 0 Å². The number of halogens is 2. The van der Waals surface area contributed by atoms with Crippen molar-refractivity contribution in [1.29, 1.82) is 0 Å². The summed E-state index contributed by atoms with van der Waals surface area (Å²) in [7, 11) is 0. The fraction of sp³-hybridized carbons (Fsp3) is 0.440. The van der Waals surface area contributed by atoms with Gasteiger partial charge in [0.25, 0.3) is 0 Å². The van der Waals surface area contributed by atoms with Crippen LogP contribution in [0.1, 0.15) is 32.8 Å². The molecule has 0 aliphatic carbocycles. The van der Waals surface area contributed by atoms with Gasteiger partial charge in [-0.15, -0.1) is 0 Å². The molecular weight excluding hydrogens is 448 g/mol. The van der Waals surface area contributed by atoms with Crippen LogP contribution in [0.2, 0.25) is 0 Å². The summed E-state index contributed by atoms with van der Waals surface area (Å²) in [4.78, 5) is 25.2. The molecule has 9 heteroatoms. The fourth-order valence-electron chi connectivity index (χ4n) is 3.05. The highest BCUT2D eigenvalue weighted by Gasteiger charge is 2.19. The minimum Gasteiger partial charge on any atom is -0.492 e. The van der Waals surface area contributed by atoms with Gasteiger partial charge in [0.05, 0.1) is 6.54 Å². The summed E-state index contributed by atoms with van der Waals surface area (Å²) >= 11 is 0.